The Bertz CT molecular complexity index is 3170. The lowest BCUT2D eigenvalue weighted by molar-refractivity contribution is 0.670. The zero-order chi connectivity index (χ0) is 33.5. The highest BCUT2D eigenvalue weighted by atomic mass is 16.3. The number of pyridine rings is 1. The van der Waals surface area contributed by atoms with Gasteiger partial charge in [-0.1, -0.05) is 158 Å². The van der Waals surface area contributed by atoms with Crippen LogP contribution in [0.5, 0.6) is 0 Å². The summed E-state index contributed by atoms with van der Waals surface area (Å²) in [4.78, 5) is 5.32. The number of hydrogen-bond donors (Lipinski definition) is 0. The largest absolute Gasteiger partial charge is 0.455 e. The maximum Gasteiger partial charge on any atom is 0.143 e. The standard InChI is InChI=1S/C49H29NO/c1-2-12-34(13-3-1)48-41-26-22-31-10-4-7-15-37(31)45(41)40-25-23-35(29-43(40)50-48)30-18-20-33(21-19-30)42-28-36-14-6-9-17-39(36)47-46-38-16-8-5-11-32(38)24-27-44(46)51-49(42)47/h1-29H. The summed E-state index contributed by atoms with van der Waals surface area (Å²) < 4.78 is 6.72. The summed E-state index contributed by atoms with van der Waals surface area (Å²) in [7, 11) is 0. The van der Waals surface area contributed by atoms with E-state index in [9.17, 15) is 0 Å². The normalized spacial score (nSPS) is 11.9. The first kappa shape index (κ1) is 28.1. The third kappa shape index (κ3) is 4.27. The van der Waals surface area contributed by atoms with Gasteiger partial charge in [0.1, 0.15) is 11.2 Å². The zero-order valence-corrected chi connectivity index (χ0v) is 27.6. The van der Waals surface area contributed by atoms with Crippen LogP contribution < -0.4 is 0 Å². The Morgan fingerprint density at radius 2 is 0.941 bits per heavy atom. The molecule has 11 aromatic rings. The second kappa shape index (κ2) is 10.9. The van der Waals surface area contributed by atoms with Crippen LogP contribution in [0.15, 0.2) is 180 Å². The highest BCUT2D eigenvalue weighted by Gasteiger charge is 2.19. The average molecular weight is 648 g/mol. The van der Waals surface area contributed by atoms with Crippen LogP contribution in [0, 0.1) is 0 Å². The first-order chi connectivity index (χ1) is 25.3. The third-order valence-electron chi connectivity index (χ3n) is 10.6. The van der Waals surface area contributed by atoms with E-state index in [0.717, 1.165) is 55.6 Å². The molecule has 0 radical (unpaired) electrons. The quantitative estimate of drug-likeness (QED) is 0.178. The maximum atomic E-state index is 6.72. The van der Waals surface area contributed by atoms with Crippen molar-refractivity contribution in [1.29, 1.82) is 0 Å². The summed E-state index contributed by atoms with van der Waals surface area (Å²) in [6.07, 6.45) is 0. The van der Waals surface area contributed by atoms with Gasteiger partial charge in [-0.15, -0.1) is 0 Å². The molecule has 2 heterocycles. The first-order valence-corrected chi connectivity index (χ1v) is 17.5. The molecule has 11 rings (SSSR count). The zero-order valence-electron chi connectivity index (χ0n) is 27.6. The summed E-state index contributed by atoms with van der Waals surface area (Å²) in [6, 6.07) is 63.1. The summed E-state index contributed by atoms with van der Waals surface area (Å²) in [6.45, 7) is 0. The van der Waals surface area contributed by atoms with Gasteiger partial charge < -0.3 is 4.42 Å². The molecule has 0 saturated heterocycles. The van der Waals surface area contributed by atoms with E-state index >= 15 is 0 Å². The van der Waals surface area contributed by atoms with Gasteiger partial charge in [-0.3, -0.25) is 0 Å². The van der Waals surface area contributed by atoms with E-state index in [0.29, 0.717) is 0 Å². The van der Waals surface area contributed by atoms with E-state index in [1.807, 2.05) is 0 Å². The van der Waals surface area contributed by atoms with Crippen LogP contribution in [-0.4, -0.2) is 4.98 Å². The van der Waals surface area contributed by atoms with Crippen molar-refractivity contribution in [2.45, 2.75) is 0 Å². The fourth-order valence-corrected chi connectivity index (χ4v) is 8.21. The van der Waals surface area contributed by atoms with Gasteiger partial charge >= 0.3 is 0 Å². The van der Waals surface area contributed by atoms with E-state index in [-0.39, 0.29) is 0 Å². The number of aromatic nitrogens is 1. The fourth-order valence-electron chi connectivity index (χ4n) is 8.21. The molecule has 0 aliphatic carbocycles. The van der Waals surface area contributed by atoms with Gasteiger partial charge in [0.2, 0.25) is 0 Å². The highest BCUT2D eigenvalue weighted by molar-refractivity contribution is 6.29. The molecule has 0 atom stereocenters. The molecule has 0 bridgehead atoms. The lowest BCUT2D eigenvalue weighted by Gasteiger charge is -2.14. The van der Waals surface area contributed by atoms with Gasteiger partial charge in [0.15, 0.2) is 0 Å². The predicted octanol–water partition coefficient (Wildman–Crippen LogP) is 13.7. The minimum atomic E-state index is 0.914. The van der Waals surface area contributed by atoms with Crippen LogP contribution in [0.2, 0.25) is 0 Å². The minimum absolute atomic E-state index is 0.914. The summed E-state index contributed by atoms with van der Waals surface area (Å²) in [5.74, 6) is 0. The number of benzene rings is 9. The van der Waals surface area contributed by atoms with Gasteiger partial charge in [0, 0.05) is 38.1 Å². The van der Waals surface area contributed by atoms with Gasteiger partial charge in [-0.25, -0.2) is 4.98 Å². The van der Waals surface area contributed by atoms with Crippen molar-refractivity contribution in [1.82, 2.24) is 4.98 Å². The molecule has 0 N–H and O–H groups in total. The Kier molecular flexibility index (Phi) is 5.99. The van der Waals surface area contributed by atoms with E-state index in [4.69, 9.17) is 9.40 Å². The summed E-state index contributed by atoms with van der Waals surface area (Å²) >= 11 is 0. The molecule has 0 fully saturated rings. The van der Waals surface area contributed by atoms with Gasteiger partial charge in [0.25, 0.3) is 0 Å². The van der Waals surface area contributed by atoms with Gasteiger partial charge in [0.05, 0.1) is 11.2 Å². The molecule has 2 aromatic heterocycles. The molecule has 0 aliphatic heterocycles. The van der Waals surface area contributed by atoms with Crippen LogP contribution >= 0.6 is 0 Å². The number of hydrogen-bond acceptors (Lipinski definition) is 2. The first-order valence-electron chi connectivity index (χ1n) is 17.5. The Hall–Kier alpha value is -6.77. The second-order valence-electron chi connectivity index (χ2n) is 13.5. The lowest BCUT2D eigenvalue weighted by Crippen LogP contribution is -1.91. The van der Waals surface area contributed by atoms with Crippen LogP contribution in [0.1, 0.15) is 0 Å². The summed E-state index contributed by atoms with van der Waals surface area (Å²) in [5, 5.41) is 13.3. The highest BCUT2D eigenvalue weighted by Crippen LogP contribution is 2.44. The summed E-state index contributed by atoms with van der Waals surface area (Å²) in [5.41, 5.74) is 9.47. The van der Waals surface area contributed by atoms with Crippen LogP contribution in [-0.2, 0) is 0 Å². The molecule has 236 valence electrons. The predicted molar refractivity (Wildman–Crippen MR) is 215 cm³/mol. The van der Waals surface area contributed by atoms with Crippen LogP contribution in [0.25, 0.3) is 109 Å². The van der Waals surface area contributed by atoms with E-state index in [1.165, 1.54) is 53.9 Å². The van der Waals surface area contributed by atoms with Crippen molar-refractivity contribution in [3.63, 3.8) is 0 Å². The number of furan rings is 1. The Labute approximate surface area is 293 Å². The number of fused-ring (bicyclic) bond motifs is 12. The van der Waals surface area contributed by atoms with Crippen molar-refractivity contribution in [2.75, 3.05) is 0 Å². The Morgan fingerprint density at radius 3 is 1.71 bits per heavy atom. The molecular formula is C49H29NO. The average Bonchev–Trinajstić information content (AvgIpc) is 3.61. The van der Waals surface area contributed by atoms with Crippen LogP contribution in [0.3, 0.4) is 0 Å². The molecule has 2 nitrogen and oxygen atoms in total. The van der Waals surface area contributed by atoms with Gasteiger partial charge in [-0.05, 0) is 67.2 Å². The van der Waals surface area contributed by atoms with Crippen molar-refractivity contribution in [2.24, 2.45) is 0 Å². The molecule has 0 saturated carbocycles. The Balaban J connectivity index is 1.09. The smallest absolute Gasteiger partial charge is 0.143 e. The molecular weight excluding hydrogens is 619 g/mol. The van der Waals surface area contributed by atoms with Crippen molar-refractivity contribution in [3.05, 3.63) is 176 Å². The van der Waals surface area contributed by atoms with Crippen molar-refractivity contribution >= 4 is 75.9 Å². The van der Waals surface area contributed by atoms with E-state index in [1.54, 1.807) is 0 Å². The lowest BCUT2D eigenvalue weighted by atomic mass is 9.93. The minimum Gasteiger partial charge on any atom is -0.455 e. The van der Waals surface area contributed by atoms with E-state index in [2.05, 4.69) is 176 Å². The third-order valence-corrected chi connectivity index (χ3v) is 10.6. The van der Waals surface area contributed by atoms with Crippen LogP contribution in [0.4, 0.5) is 0 Å². The van der Waals surface area contributed by atoms with Gasteiger partial charge in [-0.2, -0.15) is 0 Å². The topological polar surface area (TPSA) is 26.0 Å². The SMILES string of the molecule is c1ccc(-c2nc3cc(-c4ccc(-c5cc6ccccc6c6c5oc5ccc7ccccc7c56)cc4)ccc3c3c2ccc2ccccc23)cc1. The fraction of sp³-hybridized carbons (Fsp3) is 0. The maximum absolute atomic E-state index is 6.72. The molecule has 0 unspecified atom stereocenters. The molecule has 0 aliphatic rings. The molecule has 9 aromatic carbocycles. The monoisotopic (exact) mass is 647 g/mol. The molecule has 0 spiro atoms. The molecule has 51 heavy (non-hydrogen) atoms. The van der Waals surface area contributed by atoms with E-state index < -0.39 is 0 Å². The molecule has 2 heteroatoms. The van der Waals surface area contributed by atoms with Crippen molar-refractivity contribution in [3.8, 4) is 33.5 Å². The second-order valence-corrected chi connectivity index (χ2v) is 13.5. The molecule has 0 amide bonds. The number of nitrogens with zero attached hydrogens (tertiary/aromatic N) is 1. The Morgan fingerprint density at radius 1 is 0.353 bits per heavy atom. The number of rotatable bonds is 3. The van der Waals surface area contributed by atoms with Crippen molar-refractivity contribution < 1.29 is 4.42 Å².